The van der Waals surface area contributed by atoms with Crippen LogP contribution >= 0.6 is 0 Å². The fourth-order valence-corrected chi connectivity index (χ4v) is 2.66. The van der Waals surface area contributed by atoms with Crippen LogP contribution in [-0.4, -0.2) is 5.84 Å². The summed E-state index contributed by atoms with van der Waals surface area (Å²) in [7, 11) is 0. The van der Waals surface area contributed by atoms with Crippen LogP contribution in [0.4, 0.5) is 5.69 Å². The highest BCUT2D eigenvalue weighted by Crippen LogP contribution is 2.25. The van der Waals surface area contributed by atoms with E-state index in [2.05, 4.69) is 36.2 Å². The van der Waals surface area contributed by atoms with Crippen LogP contribution in [0.3, 0.4) is 0 Å². The van der Waals surface area contributed by atoms with E-state index in [0.29, 0.717) is 5.92 Å². The van der Waals surface area contributed by atoms with Gasteiger partial charge in [0.2, 0.25) is 0 Å². The Labute approximate surface area is 110 Å². The van der Waals surface area contributed by atoms with E-state index < -0.39 is 0 Å². The summed E-state index contributed by atoms with van der Waals surface area (Å²) < 4.78 is 0. The zero-order chi connectivity index (χ0) is 12.8. The van der Waals surface area contributed by atoms with Crippen molar-refractivity contribution in [2.45, 2.75) is 51.9 Å². The first-order valence-corrected chi connectivity index (χ1v) is 7.22. The first-order chi connectivity index (χ1) is 8.79. The van der Waals surface area contributed by atoms with Gasteiger partial charge in [-0.3, -0.25) is 0 Å². The van der Waals surface area contributed by atoms with Crippen LogP contribution in [0, 0.1) is 5.92 Å². The molecule has 0 atom stereocenters. The predicted octanol–water partition coefficient (Wildman–Crippen LogP) is 4.21. The number of nitrogens with two attached hydrogens (primary N) is 1. The Morgan fingerprint density at radius 1 is 1.17 bits per heavy atom. The lowest BCUT2D eigenvalue weighted by atomic mass is 9.88. The first kappa shape index (κ1) is 13.1. The van der Waals surface area contributed by atoms with Crippen molar-refractivity contribution in [3.8, 4) is 0 Å². The van der Waals surface area contributed by atoms with Crippen molar-refractivity contribution >= 4 is 11.5 Å². The number of aryl methyl sites for hydroxylation is 1. The van der Waals surface area contributed by atoms with E-state index in [1.54, 1.807) is 0 Å². The molecule has 18 heavy (non-hydrogen) atoms. The van der Waals surface area contributed by atoms with Crippen LogP contribution in [0.5, 0.6) is 0 Å². The second-order valence-electron chi connectivity index (χ2n) is 5.29. The fraction of sp³-hybridized carbons (Fsp3) is 0.562. The summed E-state index contributed by atoms with van der Waals surface area (Å²) in [5.41, 5.74) is 8.51. The number of hydrogen-bond acceptors (Lipinski definition) is 1. The molecular formula is C16H24N2. The molecule has 2 nitrogen and oxygen atoms in total. The van der Waals surface area contributed by atoms with Gasteiger partial charge in [-0.25, -0.2) is 4.99 Å². The van der Waals surface area contributed by atoms with E-state index in [4.69, 9.17) is 5.73 Å². The van der Waals surface area contributed by atoms with Gasteiger partial charge in [0, 0.05) is 5.92 Å². The van der Waals surface area contributed by atoms with Crippen molar-refractivity contribution in [2.24, 2.45) is 16.6 Å². The number of benzene rings is 1. The quantitative estimate of drug-likeness (QED) is 0.625. The Balaban J connectivity index is 2.01. The fourth-order valence-electron chi connectivity index (χ4n) is 2.66. The highest BCUT2D eigenvalue weighted by Gasteiger charge is 2.16. The molecule has 0 aromatic heterocycles. The Kier molecular flexibility index (Phi) is 4.80. The topological polar surface area (TPSA) is 38.4 Å². The summed E-state index contributed by atoms with van der Waals surface area (Å²) in [6.07, 6.45) is 8.71. The molecule has 1 aliphatic carbocycles. The van der Waals surface area contributed by atoms with Crippen LogP contribution in [0.2, 0.25) is 0 Å². The molecule has 1 aliphatic rings. The Bertz CT molecular complexity index is 386. The molecule has 0 heterocycles. The molecule has 1 aromatic carbocycles. The van der Waals surface area contributed by atoms with Gasteiger partial charge in [-0.1, -0.05) is 44.7 Å². The summed E-state index contributed by atoms with van der Waals surface area (Å²) in [5, 5.41) is 0. The molecule has 2 heteroatoms. The maximum Gasteiger partial charge on any atom is 0.103 e. The standard InChI is InChI=1S/C16H24N2/c1-2-6-13-9-11-15(12-10-13)18-16(17)14-7-4-3-5-8-14/h9-12,14H,2-8H2,1H3,(H2,17,18). The number of rotatable bonds is 4. The van der Waals surface area contributed by atoms with E-state index in [-0.39, 0.29) is 0 Å². The van der Waals surface area contributed by atoms with Gasteiger partial charge in [-0.2, -0.15) is 0 Å². The molecule has 0 aliphatic heterocycles. The normalized spacial score (nSPS) is 17.9. The van der Waals surface area contributed by atoms with Crippen molar-refractivity contribution in [2.75, 3.05) is 0 Å². The van der Waals surface area contributed by atoms with E-state index in [9.17, 15) is 0 Å². The molecule has 2 rings (SSSR count). The number of amidine groups is 1. The zero-order valence-electron chi connectivity index (χ0n) is 11.4. The highest BCUT2D eigenvalue weighted by molar-refractivity contribution is 5.85. The SMILES string of the molecule is CCCc1ccc(N=C(N)C2CCCCC2)cc1. The van der Waals surface area contributed by atoms with Crippen molar-refractivity contribution < 1.29 is 0 Å². The third kappa shape index (κ3) is 3.59. The third-order valence-corrected chi connectivity index (χ3v) is 3.76. The summed E-state index contributed by atoms with van der Waals surface area (Å²) in [6, 6.07) is 8.49. The lowest BCUT2D eigenvalue weighted by Crippen LogP contribution is -2.25. The molecule has 2 N–H and O–H groups in total. The van der Waals surface area contributed by atoms with Gasteiger partial charge < -0.3 is 5.73 Å². The van der Waals surface area contributed by atoms with E-state index >= 15 is 0 Å². The summed E-state index contributed by atoms with van der Waals surface area (Å²) >= 11 is 0. The molecule has 0 unspecified atom stereocenters. The largest absolute Gasteiger partial charge is 0.387 e. The van der Waals surface area contributed by atoms with Crippen LogP contribution < -0.4 is 5.73 Å². The van der Waals surface area contributed by atoms with E-state index in [1.165, 1.54) is 44.1 Å². The smallest absolute Gasteiger partial charge is 0.103 e. The molecule has 0 bridgehead atoms. The molecule has 98 valence electrons. The van der Waals surface area contributed by atoms with Crippen molar-refractivity contribution in [3.63, 3.8) is 0 Å². The van der Waals surface area contributed by atoms with Gasteiger partial charge in [-0.15, -0.1) is 0 Å². The maximum absolute atomic E-state index is 6.13. The molecule has 0 amide bonds. The molecule has 0 saturated heterocycles. The molecular weight excluding hydrogens is 220 g/mol. The van der Waals surface area contributed by atoms with Gasteiger partial charge in [0.15, 0.2) is 0 Å². The van der Waals surface area contributed by atoms with Gasteiger partial charge >= 0.3 is 0 Å². The van der Waals surface area contributed by atoms with Crippen LogP contribution in [0.15, 0.2) is 29.3 Å². The lowest BCUT2D eigenvalue weighted by molar-refractivity contribution is 0.437. The summed E-state index contributed by atoms with van der Waals surface area (Å²) in [4.78, 5) is 4.58. The van der Waals surface area contributed by atoms with Crippen molar-refractivity contribution in [1.29, 1.82) is 0 Å². The molecule has 1 aromatic rings. The molecule has 1 saturated carbocycles. The van der Waals surface area contributed by atoms with Crippen molar-refractivity contribution in [1.82, 2.24) is 0 Å². The number of aliphatic imine (C=N–C) groups is 1. The predicted molar refractivity (Wildman–Crippen MR) is 78.3 cm³/mol. The number of nitrogens with zero attached hydrogens (tertiary/aromatic N) is 1. The minimum Gasteiger partial charge on any atom is -0.387 e. The van der Waals surface area contributed by atoms with Gasteiger partial charge in [0.05, 0.1) is 5.69 Å². The first-order valence-electron chi connectivity index (χ1n) is 7.22. The summed E-state index contributed by atoms with van der Waals surface area (Å²) in [5.74, 6) is 1.34. The van der Waals surface area contributed by atoms with Crippen LogP contribution in [0.25, 0.3) is 0 Å². The molecule has 1 fully saturated rings. The monoisotopic (exact) mass is 244 g/mol. The second-order valence-corrected chi connectivity index (χ2v) is 5.29. The second kappa shape index (κ2) is 6.58. The van der Waals surface area contributed by atoms with E-state index in [1.807, 2.05) is 0 Å². The Hall–Kier alpha value is -1.31. The summed E-state index contributed by atoms with van der Waals surface area (Å²) in [6.45, 7) is 2.20. The van der Waals surface area contributed by atoms with E-state index in [0.717, 1.165) is 17.9 Å². The van der Waals surface area contributed by atoms with Crippen LogP contribution in [-0.2, 0) is 6.42 Å². The average Bonchev–Trinajstić information content (AvgIpc) is 2.42. The minimum absolute atomic E-state index is 0.508. The molecule has 0 radical (unpaired) electrons. The Morgan fingerprint density at radius 3 is 2.44 bits per heavy atom. The average molecular weight is 244 g/mol. The number of hydrogen-bond donors (Lipinski definition) is 1. The van der Waals surface area contributed by atoms with Gasteiger partial charge in [0.1, 0.15) is 5.84 Å². The minimum atomic E-state index is 0.508. The maximum atomic E-state index is 6.13. The van der Waals surface area contributed by atoms with Gasteiger partial charge in [0.25, 0.3) is 0 Å². The van der Waals surface area contributed by atoms with Crippen molar-refractivity contribution in [3.05, 3.63) is 29.8 Å². The van der Waals surface area contributed by atoms with Gasteiger partial charge in [-0.05, 0) is 37.0 Å². The lowest BCUT2D eigenvalue weighted by Gasteiger charge is -2.20. The highest BCUT2D eigenvalue weighted by atomic mass is 14.9. The third-order valence-electron chi connectivity index (χ3n) is 3.76. The molecule has 0 spiro atoms. The van der Waals surface area contributed by atoms with Crippen LogP contribution in [0.1, 0.15) is 51.0 Å². The zero-order valence-corrected chi connectivity index (χ0v) is 11.4. The Morgan fingerprint density at radius 2 is 1.83 bits per heavy atom.